The summed E-state index contributed by atoms with van der Waals surface area (Å²) in [6, 6.07) is 4.13. The Kier molecular flexibility index (Phi) is 6.59. The molecule has 0 amide bonds. The minimum atomic E-state index is 0.223. The molecule has 158 valence electrons. The van der Waals surface area contributed by atoms with Gasteiger partial charge in [0.1, 0.15) is 6.33 Å². The Morgan fingerprint density at radius 3 is 2.90 bits per heavy atom. The molecule has 3 N–H and O–H groups in total. The van der Waals surface area contributed by atoms with E-state index in [4.69, 9.17) is 10.7 Å². The number of aromatic nitrogens is 4. The van der Waals surface area contributed by atoms with E-state index in [9.17, 15) is 4.79 Å². The first-order valence-corrected chi connectivity index (χ1v) is 12.0. The number of nitrogens with one attached hydrogen (secondary N) is 1. The second-order valence-electron chi connectivity index (χ2n) is 7.87. The fourth-order valence-electron chi connectivity index (χ4n) is 3.54. The number of ketones is 1. The van der Waals surface area contributed by atoms with Gasteiger partial charge in [0, 0.05) is 33.5 Å². The summed E-state index contributed by atoms with van der Waals surface area (Å²) < 4.78 is 3.21. The molecule has 1 aromatic carbocycles. The highest BCUT2D eigenvalue weighted by Crippen LogP contribution is 2.36. The van der Waals surface area contributed by atoms with Gasteiger partial charge in [-0.15, -0.1) is 0 Å². The topological polar surface area (TPSA) is 98.7 Å². The molecule has 1 aliphatic carbocycles. The number of rotatable bonds is 8. The van der Waals surface area contributed by atoms with Crippen molar-refractivity contribution >= 4 is 57.1 Å². The highest BCUT2D eigenvalue weighted by Gasteiger charge is 2.23. The van der Waals surface area contributed by atoms with E-state index in [0.29, 0.717) is 23.7 Å². The Labute approximate surface area is 193 Å². The van der Waals surface area contributed by atoms with Crippen LogP contribution in [-0.2, 0) is 13.0 Å². The zero-order chi connectivity index (χ0) is 21.3. The smallest absolute Gasteiger partial charge is 0.175 e. The molecular weight excluding hydrogens is 511 g/mol. The number of hydrogen-bond acceptors (Lipinski definition) is 7. The number of carbonyl (C=O) groups is 1. The number of nitrogens with zero attached hydrogens (tertiary/aromatic N) is 4. The standard InChI is InChI=1S/C21H25IN6OS/c1-12(2)5-6-24-7-8-28-20-18(19(23)25-11-26-20)27-21(28)30-17-10-14-13(9-15(17)22)3-4-16(14)29/h9-12,24H,3-8H2,1-2H3,(H2,23,25,26). The van der Waals surface area contributed by atoms with Crippen LogP contribution in [0.3, 0.4) is 0 Å². The van der Waals surface area contributed by atoms with E-state index in [1.807, 2.05) is 6.07 Å². The summed E-state index contributed by atoms with van der Waals surface area (Å²) in [7, 11) is 0. The average molecular weight is 536 g/mol. The molecule has 0 saturated carbocycles. The second kappa shape index (κ2) is 9.19. The summed E-state index contributed by atoms with van der Waals surface area (Å²) in [6.45, 7) is 6.98. The summed E-state index contributed by atoms with van der Waals surface area (Å²) in [5.74, 6) is 1.28. The molecule has 30 heavy (non-hydrogen) atoms. The lowest BCUT2D eigenvalue weighted by atomic mass is 10.1. The van der Waals surface area contributed by atoms with Gasteiger partial charge in [0.15, 0.2) is 27.9 Å². The maximum Gasteiger partial charge on any atom is 0.175 e. The third-order valence-corrected chi connectivity index (χ3v) is 7.53. The summed E-state index contributed by atoms with van der Waals surface area (Å²) in [5.41, 5.74) is 9.41. The molecule has 0 radical (unpaired) electrons. The van der Waals surface area contributed by atoms with Crippen LogP contribution in [0.2, 0.25) is 0 Å². The van der Waals surface area contributed by atoms with Crippen molar-refractivity contribution in [1.82, 2.24) is 24.8 Å². The average Bonchev–Trinajstić information content (AvgIpc) is 3.23. The van der Waals surface area contributed by atoms with Crippen LogP contribution < -0.4 is 11.1 Å². The van der Waals surface area contributed by atoms with Crippen molar-refractivity contribution in [2.75, 3.05) is 18.8 Å². The fraction of sp³-hybridized carbons (Fsp3) is 0.429. The number of nitrogen functional groups attached to an aromatic ring is 1. The molecule has 0 aliphatic heterocycles. The van der Waals surface area contributed by atoms with Crippen LogP contribution >= 0.6 is 34.4 Å². The van der Waals surface area contributed by atoms with Gasteiger partial charge in [-0.1, -0.05) is 25.6 Å². The SMILES string of the molecule is CC(C)CCNCCn1c(Sc2cc3c(cc2I)CCC3=O)nc2c(N)ncnc21. The van der Waals surface area contributed by atoms with E-state index in [1.54, 1.807) is 11.8 Å². The summed E-state index contributed by atoms with van der Waals surface area (Å²) in [5, 5.41) is 4.31. The summed E-state index contributed by atoms with van der Waals surface area (Å²) in [6.07, 6.45) is 4.06. The number of nitrogens with two attached hydrogens (primary N) is 1. The van der Waals surface area contributed by atoms with Gasteiger partial charge < -0.3 is 15.6 Å². The van der Waals surface area contributed by atoms with Crippen molar-refractivity contribution in [3.63, 3.8) is 0 Å². The van der Waals surface area contributed by atoms with Gasteiger partial charge in [-0.05, 0) is 65.6 Å². The molecule has 2 heterocycles. The molecule has 0 bridgehead atoms. The molecule has 4 rings (SSSR count). The maximum atomic E-state index is 12.2. The number of aryl methyl sites for hydroxylation is 1. The number of halogens is 1. The van der Waals surface area contributed by atoms with E-state index < -0.39 is 0 Å². The molecule has 2 aromatic heterocycles. The van der Waals surface area contributed by atoms with Crippen molar-refractivity contribution in [3.8, 4) is 0 Å². The van der Waals surface area contributed by atoms with E-state index in [2.05, 4.69) is 62.4 Å². The number of hydrogen-bond donors (Lipinski definition) is 2. The molecule has 9 heteroatoms. The molecule has 0 saturated heterocycles. The molecule has 1 aliphatic rings. The first-order chi connectivity index (χ1) is 14.4. The predicted octanol–water partition coefficient (Wildman–Crippen LogP) is 3.93. The minimum absolute atomic E-state index is 0.223. The van der Waals surface area contributed by atoms with Crippen molar-refractivity contribution in [2.24, 2.45) is 5.92 Å². The van der Waals surface area contributed by atoms with Crippen LogP contribution in [0.4, 0.5) is 5.82 Å². The number of benzene rings is 1. The highest BCUT2D eigenvalue weighted by molar-refractivity contribution is 14.1. The number of carbonyl (C=O) groups excluding carboxylic acids is 1. The number of fused-ring (bicyclic) bond motifs is 2. The Balaban J connectivity index is 1.63. The zero-order valence-corrected chi connectivity index (χ0v) is 20.1. The minimum Gasteiger partial charge on any atom is -0.382 e. The first kappa shape index (κ1) is 21.5. The van der Waals surface area contributed by atoms with Gasteiger partial charge in [0.25, 0.3) is 0 Å². The van der Waals surface area contributed by atoms with Gasteiger partial charge in [-0.25, -0.2) is 15.0 Å². The third-order valence-electron chi connectivity index (χ3n) is 5.22. The van der Waals surface area contributed by atoms with Crippen LogP contribution in [0.25, 0.3) is 11.2 Å². The van der Waals surface area contributed by atoms with Gasteiger partial charge in [0.05, 0.1) is 0 Å². The third kappa shape index (κ3) is 4.47. The Morgan fingerprint density at radius 2 is 2.10 bits per heavy atom. The van der Waals surface area contributed by atoms with Crippen LogP contribution in [0, 0.1) is 9.49 Å². The molecule has 0 fully saturated rings. The Morgan fingerprint density at radius 1 is 1.27 bits per heavy atom. The molecule has 7 nitrogen and oxygen atoms in total. The van der Waals surface area contributed by atoms with Gasteiger partial charge >= 0.3 is 0 Å². The molecule has 0 atom stereocenters. The van der Waals surface area contributed by atoms with Crippen molar-refractivity contribution in [2.45, 2.75) is 49.7 Å². The van der Waals surface area contributed by atoms with Crippen LogP contribution in [-0.4, -0.2) is 38.4 Å². The van der Waals surface area contributed by atoms with E-state index in [1.165, 1.54) is 6.33 Å². The van der Waals surface area contributed by atoms with Crippen LogP contribution in [0.1, 0.15) is 42.6 Å². The highest BCUT2D eigenvalue weighted by atomic mass is 127. The zero-order valence-electron chi connectivity index (χ0n) is 17.1. The molecule has 0 unspecified atom stereocenters. The van der Waals surface area contributed by atoms with Gasteiger partial charge in [0.2, 0.25) is 0 Å². The lowest BCUT2D eigenvalue weighted by molar-refractivity contribution is 0.0994. The summed E-state index contributed by atoms with van der Waals surface area (Å²) in [4.78, 5) is 26.5. The largest absolute Gasteiger partial charge is 0.382 e. The number of anilines is 1. The fourth-order valence-corrected chi connectivity index (χ4v) is 5.36. The monoisotopic (exact) mass is 536 g/mol. The maximum absolute atomic E-state index is 12.2. The normalized spacial score (nSPS) is 13.5. The predicted molar refractivity (Wildman–Crippen MR) is 128 cm³/mol. The van der Waals surface area contributed by atoms with E-state index in [-0.39, 0.29) is 5.78 Å². The molecule has 0 spiro atoms. The van der Waals surface area contributed by atoms with E-state index in [0.717, 1.165) is 62.9 Å². The van der Waals surface area contributed by atoms with Crippen LogP contribution in [0.5, 0.6) is 0 Å². The second-order valence-corrected chi connectivity index (χ2v) is 10.0. The van der Waals surface area contributed by atoms with Gasteiger partial charge in [-0.2, -0.15) is 0 Å². The first-order valence-electron chi connectivity index (χ1n) is 10.1. The molecular formula is C21H25IN6OS. The number of imidazole rings is 1. The quantitative estimate of drug-likeness (QED) is 0.333. The lowest BCUT2D eigenvalue weighted by Crippen LogP contribution is -2.22. The lowest BCUT2D eigenvalue weighted by Gasteiger charge is -2.11. The Hall–Kier alpha value is -1.72. The van der Waals surface area contributed by atoms with Crippen molar-refractivity contribution < 1.29 is 4.79 Å². The van der Waals surface area contributed by atoms with Crippen LogP contribution in [0.15, 0.2) is 28.5 Å². The van der Waals surface area contributed by atoms with Gasteiger partial charge in [-0.3, -0.25) is 4.79 Å². The molecule has 3 aromatic rings. The number of Topliss-reactive ketones (excluding diaryl/α,β-unsaturated/α-hetero) is 1. The van der Waals surface area contributed by atoms with Crippen molar-refractivity contribution in [1.29, 1.82) is 0 Å². The summed E-state index contributed by atoms with van der Waals surface area (Å²) >= 11 is 3.89. The van der Waals surface area contributed by atoms with Crippen molar-refractivity contribution in [3.05, 3.63) is 33.2 Å². The van der Waals surface area contributed by atoms with E-state index >= 15 is 0 Å². The Bertz CT molecular complexity index is 1100.